The highest BCUT2D eigenvalue weighted by molar-refractivity contribution is 5.88. The van der Waals surface area contributed by atoms with E-state index in [2.05, 4.69) is 9.88 Å². The van der Waals surface area contributed by atoms with E-state index in [0.29, 0.717) is 12.5 Å². The van der Waals surface area contributed by atoms with Gasteiger partial charge in [0.05, 0.1) is 13.2 Å². The van der Waals surface area contributed by atoms with E-state index in [0.717, 1.165) is 66.1 Å². The van der Waals surface area contributed by atoms with Crippen molar-refractivity contribution in [3.63, 3.8) is 0 Å². The number of hydrogen-bond donors (Lipinski definition) is 3. The van der Waals surface area contributed by atoms with E-state index in [4.69, 9.17) is 9.47 Å². The Morgan fingerprint density at radius 1 is 1.13 bits per heavy atom. The Hall–Kier alpha value is -2.54. The summed E-state index contributed by atoms with van der Waals surface area (Å²) < 4.78 is 11.9. The largest absolute Gasteiger partial charge is 0.493 e. The van der Waals surface area contributed by atoms with Gasteiger partial charge >= 0.3 is 0 Å². The lowest BCUT2D eigenvalue weighted by Crippen LogP contribution is -2.41. The maximum atomic E-state index is 10.6. The summed E-state index contributed by atoms with van der Waals surface area (Å²) in [5.74, 6) is 2.21. The summed E-state index contributed by atoms with van der Waals surface area (Å²) in [6.45, 7) is 5.40. The molecule has 6 heteroatoms. The van der Waals surface area contributed by atoms with Crippen molar-refractivity contribution in [3.8, 4) is 11.5 Å². The number of fused-ring (bicyclic) bond motifs is 1. The standard InChI is InChI=1S/C25H32N2O4/c1-18-20(15-28)13-24-23(7-10-26-24)25(18)31-17-21(29)14-27-11-8-19(9-12-27)16-30-22-5-3-2-4-6-22/h2-7,10,13,19,21,26,28-29H,8-9,11-12,14-17H2,1H3. The number of aromatic amines is 1. The number of aliphatic hydroxyl groups excluding tert-OH is 2. The Bertz CT molecular complexity index is 964. The molecule has 1 saturated heterocycles. The van der Waals surface area contributed by atoms with Crippen molar-refractivity contribution in [2.45, 2.75) is 32.5 Å². The number of piperidine rings is 1. The third kappa shape index (κ3) is 5.39. The van der Waals surface area contributed by atoms with Gasteiger partial charge < -0.3 is 29.6 Å². The number of β-amino-alcohol motifs (C(OH)–C–C–N with tert-alkyl or cyclic N) is 1. The average molecular weight is 425 g/mol. The number of rotatable bonds is 9. The molecule has 3 aromatic rings. The molecule has 0 radical (unpaired) electrons. The van der Waals surface area contributed by atoms with Crippen LogP contribution in [0.3, 0.4) is 0 Å². The van der Waals surface area contributed by atoms with Gasteiger partial charge in [0.25, 0.3) is 0 Å². The molecule has 1 aliphatic rings. The number of H-pyrrole nitrogens is 1. The molecule has 0 aliphatic carbocycles. The van der Waals surface area contributed by atoms with Crippen molar-refractivity contribution in [1.29, 1.82) is 0 Å². The second-order valence-electron chi connectivity index (χ2n) is 8.42. The van der Waals surface area contributed by atoms with Crippen molar-refractivity contribution >= 4 is 10.9 Å². The molecule has 1 aliphatic heterocycles. The first kappa shape index (κ1) is 21.7. The molecule has 6 nitrogen and oxygen atoms in total. The van der Waals surface area contributed by atoms with Crippen LogP contribution >= 0.6 is 0 Å². The smallest absolute Gasteiger partial charge is 0.132 e. The number of hydrogen-bond acceptors (Lipinski definition) is 5. The third-order valence-corrected chi connectivity index (χ3v) is 6.16. The molecule has 166 valence electrons. The lowest BCUT2D eigenvalue weighted by molar-refractivity contribution is 0.0505. The Morgan fingerprint density at radius 2 is 1.90 bits per heavy atom. The van der Waals surface area contributed by atoms with Crippen LogP contribution in [0, 0.1) is 12.8 Å². The molecule has 3 N–H and O–H groups in total. The Kier molecular flexibility index (Phi) is 7.12. The van der Waals surface area contributed by atoms with Crippen molar-refractivity contribution < 1.29 is 19.7 Å². The molecule has 1 aromatic heterocycles. The van der Waals surface area contributed by atoms with Crippen LogP contribution in [0.5, 0.6) is 11.5 Å². The van der Waals surface area contributed by atoms with Crippen LogP contribution < -0.4 is 9.47 Å². The van der Waals surface area contributed by atoms with Crippen LogP contribution in [0.15, 0.2) is 48.7 Å². The van der Waals surface area contributed by atoms with E-state index in [9.17, 15) is 10.2 Å². The maximum absolute atomic E-state index is 10.6. The fourth-order valence-electron chi connectivity index (χ4n) is 4.28. The van der Waals surface area contributed by atoms with Gasteiger partial charge in [-0.15, -0.1) is 0 Å². The molecular weight excluding hydrogens is 392 g/mol. The predicted octanol–water partition coefficient (Wildman–Crippen LogP) is 3.50. The van der Waals surface area contributed by atoms with E-state index in [1.54, 1.807) is 0 Å². The summed E-state index contributed by atoms with van der Waals surface area (Å²) >= 11 is 0. The fraction of sp³-hybridized carbons (Fsp3) is 0.440. The molecule has 0 spiro atoms. The number of nitrogens with zero attached hydrogens (tertiary/aromatic N) is 1. The van der Waals surface area contributed by atoms with Crippen LogP contribution in [0.1, 0.15) is 24.0 Å². The number of aliphatic hydroxyl groups is 2. The Morgan fingerprint density at radius 3 is 2.65 bits per heavy atom. The topological polar surface area (TPSA) is 78.0 Å². The number of ether oxygens (including phenoxy) is 2. The van der Waals surface area contributed by atoms with Gasteiger partial charge in [-0.2, -0.15) is 0 Å². The molecule has 1 atom stereocenters. The van der Waals surface area contributed by atoms with Gasteiger partial charge in [-0.25, -0.2) is 0 Å². The minimum Gasteiger partial charge on any atom is -0.493 e. The fourth-order valence-corrected chi connectivity index (χ4v) is 4.28. The molecule has 2 heterocycles. The number of benzene rings is 2. The second-order valence-corrected chi connectivity index (χ2v) is 8.42. The van der Waals surface area contributed by atoms with Gasteiger partial charge in [-0.05, 0) is 74.2 Å². The lowest BCUT2D eigenvalue weighted by Gasteiger charge is -2.33. The van der Waals surface area contributed by atoms with E-state index in [-0.39, 0.29) is 13.2 Å². The third-order valence-electron chi connectivity index (χ3n) is 6.16. The minimum atomic E-state index is -0.566. The summed E-state index contributed by atoms with van der Waals surface area (Å²) in [5.41, 5.74) is 2.68. The van der Waals surface area contributed by atoms with Crippen LogP contribution in [0.4, 0.5) is 0 Å². The first-order valence-corrected chi connectivity index (χ1v) is 11.1. The van der Waals surface area contributed by atoms with Crippen LogP contribution in [0.2, 0.25) is 0 Å². The summed E-state index contributed by atoms with van der Waals surface area (Å²) in [5, 5.41) is 21.2. The van der Waals surface area contributed by atoms with Gasteiger partial charge in [0.15, 0.2) is 0 Å². The highest BCUT2D eigenvalue weighted by atomic mass is 16.5. The average Bonchev–Trinajstić information content (AvgIpc) is 3.26. The molecule has 0 saturated carbocycles. The van der Waals surface area contributed by atoms with Crippen molar-refractivity contribution in [3.05, 3.63) is 59.8 Å². The second kappa shape index (κ2) is 10.2. The zero-order valence-corrected chi connectivity index (χ0v) is 18.1. The normalized spacial score (nSPS) is 16.5. The SMILES string of the molecule is Cc1c(CO)cc2[nH]ccc2c1OCC(O)CN1CCC(COc2ccccc2)CC1. The number of likely N-dealkylation sites (tertiary alicyclic amines) is 1. The minimum absolute atomic E-state index is 0.0390. The monoisotopic (exact) mass is 424 g/mol. The molecule has 0 bridgehead atoms. The van der Waals surface area contributed by atoms with Gasteiger partial charge in [-0.3, -0.25) is 0 Å². The zero-order chi connectivity index (χ0) is 21.6. The highest BCUT2D eigenvalue weighted by Gasteiger charge is 2.22. The summed E-state index contributed by atoms with van der Waals surface area (Å²) in [6.07, 6.45) is 3.44. The van der Waals surface area contributed by atoms with E-state index >= 15 is 0 Å². The number of aromatic nitrogens is 1. The van der Waals surface area contributed by atoms with Crippen LogP contribution in [-0.4, -0.2) is 59.0 Å². The maximum Gasteiger partial charge on any atom is 0.132 e. The molecule has 2 aromatic carbocycles. The van der Waals surface area contributed by atoms with Gasteiger partial charge in [0.1, 0.15) is 24.2 Å². The Balaban J connectivity index is 1.24. The van der Waals surface area contributed by atoms with Gasteiger partial charge in [-0.1, -0.05) is 18.2 Å². The first-order valence-electron chi connectivity index (χ1n) is 11.1. The molecule has 31 heavy (non-hydrogen) atoms. The van der Waals surface area contributed by atoms with Crippen molar-refractivity contribution in [2.24, 2.45) is 5.92 Å². The zero-order valence-electron chi connectivity index (χ0n) is 18.1. The quantitative estimate of drug-likeness (QED) is 0.490. The first-order chi connectivity index (χ1) is 15.1. The molecule has 4 rings (SSSR count). The molecular formula is C25H32N2O4. The van der Waals surface area contributed by atoms with E-state index in [1.807, 2.05) is 55.6 Å². The number of nitrogens with one attached hydrogen (secondary N) is 1. The summed E-state index contributed by atoms with van der Waals surface area (Å²) in [6, 6.07) is 13.9. The lowest BCUT2D eigenvalue weighted by atomic mass is 9.97. The van der Waals surface area contributed by atoms with Crippen LogP contribution in [0.25, 0.3) is 10.9 Å². The summed E-state index contributed by atoms with van der Waals surface area (Å²) in [4.78, 5) is 5.47. The Labute approximate surface area is 183 Å². The number of para-hydroxylation sites is 1. The van der Waals surface area contributed by atoms with E-state index in [1.165, 1.54) is 0 Å². The highest BCUT2D eigenvalue weighted by Crippen LogP contribution is 2.32. The molecule has 0 amide bonds. The van der Waals surface area contributed by atoms with Gasteiger partial charge in [0.2, 0.25) is 0 Å². The van der Waals surface area contributed by atoms with Crippen LogP contribution in [-0.2, 0) is 6.61 Å². The molecule has 1 fully saturated rings. The molecule has 1 unspecified atom stereocenters. The van der Waals surface area contributed by atoms with Gasteiger partial charge in [0, 0.05) is 23.6 Å². The van der Waals surface area contributed by atoms with E-state index < -0.39 is 6.10 Å². The van der Waals surface area contributed by atoms with Crippen molar-refractivity contribution in [1.82, 2.24) is 9.88 Å². The summed E-state index contributed by atoms with van der Waals surface area (Å²) in [7, 11) is 0. The van der Waals surface area contributed by atoms with Crippen molar-refractivity contribution in [2.75, 3.05) is 32.8 Å². The predicted molar refractivity (Wildman–Crippen MR) is 122 cm³/mol.